The Morgan fingerprint density at radius 2 is 2.11 bits per heavy atom. The highest BCUT2D eigenvalue weighted by Crippen LogP contribution is 2.27. The molecule has 2 atom stereocenters. The summed E-state index contributed by atoms with van der Waals surface area (Å²) in [5.74, 6) is 0.184. The first-order chi connectivity index (χ1) is 9.13. The number of benzene rings is 1. The first-order valence-electron chi connectivity index (χ1n) is 6.93. The molecule has 1 fully saturated rings. The van der Waals surface area contributed by atoms with E-state index in [0.717, 1.165) is 29.8 Å². The second kappa shape index (κ2) is 6.40. The second-order valence-corrected chi connectivity index (χ2v) is 5.56. The van der Waals surface area contributed by atoms with Crippen LogP contribution in [0.5, 0.6) is 0 Å². The van der Waals surface area contributed by atoms with Crippen molar-refractivity contribution >= 4 is 17.5 Å². The van der Waals surface area contributed by atoms with E-state index in [1.165, 1.54) is 0 Å². The maximum atomic E-state index is 12.1. The van der Waals surface area contributed by atoms with E-state index >= 15 is 0 Å². The molecule has 0 bridgehead atoms. The van der Waals surface area contributed by atoms with E-state index < -0.39 is 0 Å². The normalized spacial score (nSPS) is 20.9. The minimum atomic E-state index is -0.0170. The third-order valence-corrected chi connectivity index (χ3v) is 3.90. The molecule has 2 unspecified atom stereocenters. The standard InChI is InChI=1S/C15H21ClN2O/c1-3-4-5-11(2)18-14(19)10-17-15(18)12-6-8-13(16)9-7-12/h6-9,11,15,17H,3-5,10H2,1-2H3. The molecule has 0 spiro atoms. The van der Waals surface area contributed by atoms with Gasteiger partial charge in [0.25, 0.3) is 0 Å². The van der Waals surface area contributed by atoms with Crippen molar-refractivity contribution in [1.29, 1.82) is 0 Å². The fourth-order valence-corrected chi connectivity index (χ4v) is 2.71. The predicted octanol–water partition coefficient (Wildman–Crippen LogP) is 3.35. The lowest BCUT2D eigenvalue weighted by atomic mass is 10.1. The maximum absolute atomic E-state index is 12.1. The van der Waals surface area contributed by atoms with E-state index in [-0.39, 0.29) is 18.1 Å². The molecule has 0 saturated carbocycles. The van der Waals surface area contributed by atoms with Gasteiger partial charge in [-0.25, -0.2) is 0 Å². The number of hydrogen-bond donors (Lipinski definition) is 1. The van der Waals surface area contributed by atoms with Gasteiger partial charge in [-0.15, -0.1) is 0 Å². The monoisotopic (exact) mass is 280 g/mol. The van der Waals surface area contributed by atoms with Gasteiger partial charge in [-0.3, -0.25) is 10.1 Å². The van der Waals surface area contributed by atoms with Crippen molar-refractivity contribution in [2.24, 2.45) is 0 Å². The summed E-state index contributed by atoms with van der Waals surface area (Å²) in [6, 6.07) is 7.98. The van der Waals surface area contributed by atoms with Crippen LogP contribution in [0.2, 0.25) is 5.02 Å². The van der Waals surface area contributed by atoms with Crippen molar-refractivity contribution < 1.29 is 4.79 Å². The number of carbonyl (C=O) groups is 1. The van der Waals surface area contributed by atoms with Gasteiger partial charge in [-0.1, -0.05) is 43.5 Å². The lowest BCUT2D eigenvalue weighted by Gasteiger charge is -2.30. The number of nitrogens with zero attached hydrogens (tertiary/aromatic N) is 1. The summed E-state index contributed by atoms with van der Waals surface area (Å²) in [5, 5.41) is 4.00. The van der Waals surface area contributed by atoms with Crippen molar-refractivity contribution in [2.75, 3.05) is 6.54 Å². The Labute approximate surface area is 119 Å². The van der Waals surface area contributed by atoms with Gasteiger partial charge in [0.05, 0.1) is 6.54 Å². The Morgan fingerprint density at radius 1 is 1.42 bits per heavy atom. The van der Waals surface area contributed by atoms with Crippen LogP contribution in [-0.4, -0.2) is 23.4 Å². The molecule has 1 aromatic carbocycles. The van der Waals surface area contributed by atoms with Crippen molar-refractivity contribution in [2.45, 2.75) is 45.3 Å². The molecule has 1 aromatic rings. The van der Waals surface area contributed by atoms with Crippen LogP contribution in [0.3, 0.4) is 0 Å². The quantitative estimate of drug-likeness (QED) is 0.897. The number of amides is 1. The lowest BCUT2D eigenvalue weighted by molar-refractivity contribution is -0.130. The molecule has 4 heteroatoms. The summed E-state index contributed by atoms with van der Waals surface area (Å²) in [4.78, 5) is 14.0. The predicted molar refractivity (Wildman–Crippen MR) is 78.0 cm³/mol. The van der Waals surface area contributed by atoms with E-state index in [1.807, 2.05) is 29.2 Å². The van der Waals surface area contributed by atoms with E-state index in [4.69, 9.17) is 11.6 Å². The minimum Gasteiger partial charge on any atom is -0.319 e. The zero-order valence-electron chi connectivity index (χ0n) is 11.5. The molecule has 1 amide bonds. The molecule has 1 N–H and O–H groups in total. The van der Waals surface area contributed by atoms with Crippen molar-refractivity contribution in [3.05, 3.63) is 34.9 Å². The Balaban J connectivity index is 2.14. The second-order valence-electron chi connectivity index (χ2n) is 5.13. The molecule has 1 aliphatic rings. The fourth-order valence-electron chi connectivity index (χ4n) is 2.58. The summed E-state index contributed by atoms with van der Waals surface area (Å²) in [6.07, 6.45) is 3.34. The van der Waals surface area contributed by atoms with E-state index in [9.17, 15) is 4.79 Å². The average Bonchev–Trinajstić information content (AvgIpc) is 2.79. The summed E-state index contributed by atoms with van der Waals surface area (Å²) in [6.45, 7) is 4.72. The number of nitrogens with one attached hydrogen (secondary N) is 1. The highest BCUT2D eigenvalue weighted by Gasteiger charge is 2.34. The van der Waals surface area contributed by atoms with Crippen LogP contribution in [0.25, 0.3) is 0 Å². The van der Waals surface area contributed by atoms with Crippen molar-refractivity contribution in [3.8, 4) is 0 Å². The summed E-state index contributed by atoms with van der Waals surface area (Å²) < 4.78 is 0. The van der Waals surface area contributed by atoms with Crippen LogP contribution in [0.15, 0.2) is 24.3 Å². The van der Waals surface area contributed by atoms with Gasteiger partial charge in [-0.2, -0.15) is 0 Å². The van der Waals surface area contributed by atoms with Crippen LogP contribution in [-0.2, 0) is 4.79 Å². The first-order valence-corrected chi connectivity index (χ1v) is 7.31. The number of carbonyl (C=O) groups excluding carboxylic acids is 1. The average molecular weight is 281 g/mol. The molecule has 1 aliphatic heterocycles. The van der Waals surface area contributed by atoms with Gasteiger partial charge in [-0.05, 0) is 31.0 Å². The zero-order chi connectivity index (χ0) is 13.8. The van der Waals surface area contributed by atoms with Gasteiger partial charge < -0.3 is 4.90 Å². The molecular formula is C15H21ClN2O. The smallest absolute Gasteiger partial charge is 0.238 e. The molecule has 0 aromatic heterocycles. The third kappa shape index (κ3) is 3.28. The van der Waals surface area contributed by atoms with Crippen LogP contribution < -0.4 is 5.32 Å². The Bertz CT molecular complexity index is 432. The van der Waals surface area contributed by atoms with E-state index in [2.05, 4.69) is 19.2 Å². The lowest BCUT2D eigenvalue weighted by Crippen LogP contribution is -2.37. The molecule has 104 valence electrons. The molecule has 0 aliphatic carbocycles. The highest BCUT2D eigenvalue weighted by atomic mass is 35.5. The van der Waals surface area contributed by atoms with Gasteiger partial charge in [0.1, 0.15) is 6.17 Å². The van der Waals surface area contributed by atoms with Gasteiger partial charge in [0, 0.05) is 11.1 Å². The summed E-state index contributed by atoms with van der Waals surface area (Å²) in [7, 11) is 0. The molecular weight excluding hydrogens is 260 g/mol. The summed E-state index contributed by atoms with van der Waals surface area (Å²) in [5.41, 5.74) is 1.10. The van der Waals surface area contributed by atoms with Crippen LogP contribution >= 0.6 is 11.6 Å². The number of unbranched alkanes of at least 4 members (excludes halogenated alkanes) is 1. The van der Waals surface area contributed by atoms with E-state index in [1.54, 1.807) is 0 Å². The van der Waals surface area contributed by atoms with Crippen LogP contribution in [0.1, 0.15) is 44.8 Å². The van der Waals surface area contributed by atoms with Crippen molar-refractivity contribution in [3.63, 3.8) is 0 Å². The van der Waals surface area contributed by atoms with Crippen LogP contribution in [0.4, 0.5) is 0 Å². The minimum absolute atomic E-state index is 0.0170. The van der Waals surface area contributed by atoms with Gasteiger partial charge in [0.15, 0.2) is 0 Å². The maximum Gasteiger partial charge on any atom is 0.238 e. The molecule has 19 heavy (non-hydrogen) atoms. The van der Waals surface area contributed by atoms with Crippen LogP contribution in [0, 0.1) is 0 Å². The summed E-state index contributed by atoms with van der Waals surface area (Å²) >= 11 is 5.91. The Hall–Kier alpha value is -1.06. The molecule has 2 rings (SSSR count). The first kappa shape index (κ1) is 14.4. The molecule has 0 radical (unpaired) electrons. The fraction of sp³-hybridized carbons (Fsp3) is 0.533. The third-order valence-electron chi connectivity index (χ3n) is 3.65. The van der Waals surface area contributed by atoms with E-state index in [0.29, 0.717) is 6.54 Å². The largest absolute Gasteiger partial charge is 0.319 e. The van der Waals surface area contributed by atoms with Gasteiger partial charge >= 0.3 is 0 Å². The zero-order valence-corrected chi connectivity index (χ0v) is 12.3. The topological polar surface area (TPSA) is 32.3 Å². The highest BCUT2D eigenvalue weighted by molar-refractivity contribution is 6.30. The van der Waals surface area contributed by atoms with Crippen molar-refractivity contribution in [1.82, 2.24) is 10.2 Å². The Morgan fingerprint density at radius 3 is 2.74 bits per heavy atom. The van der Waals surface area contributed by atoms with Gasteiger partial charge in [0.2, 0.25) is 5.91 Å². The number of halogens is 1. The number of rotatable bonds is 5. The molecule has 1 heterocycles. The Kier molecular flexibility index (Phi) is 4.83. The molecule has 3 nitrogen and oxygen atoms in total. The number of hydrogen-bond acceptors (Lipinski definition) is 2. The molecule has 1 saturated heterocycles. The SMILES string of the molecule is CCCCC(C)N1C(=O)CNC1c1ccc(Cl)cc1.